The van der Waals surface area contributed by atoms with Crippen LogP contribution < -0.4 is 4.74 Å². The average molecular weight is 273 g/mol. The van der Waals surface area contributed by atoms with E-state index in [1.54, 1.807) is 6.07 Å². The number of halogens is 1. The predicted octanol–water partition coefficient (Wildman–Crippen LogP) is 2.11. The van der Waals surface area contributed by atoms with Crippen molar-refractivity contribution in [2.45, 2.75) is 12.3 Å². The van der Waals surface area contributed by atoms with Gasteiger partial charge in [-0.3, -0.25) is 4.79 Å². The number of aromatic hydroxyl groups is 1. The minimum atomic E-state index is -0.847. The minimum Gasteiger partial charge on any atom is -0.507 e. The summed E-state index contributed by atoms with van der Waals surface area (Å²) in [7, 11) is 0. The van der Waals surface area contributed by atoms with Gasteiger partial charge in [0.1, 0.15) is 11.5 Å². The molecule has 0 radical (unpaired) electrons. The second-order valence-electron chi connectivity index (χ2n) is 3.45. The van der Waals surface area contributed by atoms with Crippen LogP contribution in [-0.2, 0) is 4.79 Å². The summed E-state index contributed by atoms with van der Waals surface area (Å²) in [5, 5.41) is 18.1. The van der Waals surface area contributed by atoms with Gasteiger partial charge in [-0.25, -0.2) is 0 Å². The van der Waals surface area contributed by atoms with Crippen LogP contribution in [0.5, 0.6) is 11.5 Å². The Labute approximate surface area is 94.6 Å². The van der Waals surface area contributed by atoms with Crippen molar-refractivity contribution in [2.24, 2.45) is 0 Å². The highest BCUT2D eigenvalue weighted by atomic mass is 79.9. The number of phenols is 1. The maximum absolute atomic E-state index is 10.6. The minimum absolute atomic E-state index is 0.0458. The van der Waals surface area contributed by atoms with E-state index in [1.807, 2.05) is 0 Å². The number of hydrogen-bond acceptors (Lipinski definition) is 3. The third-order valence-electron chi connectivity index (χ3n) is 2.38. The van der Waals surface area contributed by atoms with Gasteiger partial charge in [0, 0.05) is 17.5 Å². The molecule has 15 heavy (non-hydrogen) atoms. The first-order valence-corrected chi connectivity index (χ1v) is 5.24. The fourth-order valence-corrected chi connectivity index (χ4v) is 2.02. The van der Waals surface area contributed by atoms with Crippen molar-refractivity contribution >= 4 is 21.9 Å². The first-order chi connectivity index (χ1) is 7.08. The number of phenolic OH excluding ortho intramolecular Hbond substituents is 1. The van der Waals surface area contributed by atoms with Crippen molar-refractivity contribution in [1.82, 2.24) is 0 Å². The first-order valence-electron chi connectivity index (χ1n) is 4.45. The average Bonchev–Trinajstić information content (AvgIpc) is 2.49. The molecule has 0 aliphatic carbocycles. The second-order valence-corrected chi connectivity index (χ2v) is 4.30. The van der Waals surface area contributed by atoms with E-state index in [0.29, 0.717) is 16.8 Å². The normalized spacial score (nSPS) is 18.3. The highest BCUT2D eigenvalue weighted by Crippen LogP contribution is 2.41. The number of ether oxygens (including phenoxy) is 1. The van der Waals surface area contributed by atoms with Gasteiger partial charge in [0.15, 0.2) is 0 Å². The number of carboxylic acids is 1. The lowest BCUT2D eigenvalue weighted by Gasteiger charge is -2.05. The molecule has 0 bridgehead atoms. The Kier molecular flexibility index (Phi) is 2.56. The molecule has 0 saturated carbocycles. The van der Waals surface area contributed by atoms with Crippen LogP contribution in [0.25, 0.3) is 0 Å². The van der Waals surface area contributed by atoms with E-state index in [0.717, 1.165) is 5.56 Å². The molecule has 0 amide bonds. The van der Waals surface area contributed by atoms with Gasteiger partial charge >= 0.3 is 5.97 Å². The molecule has 4 nitrogen and oxygen atoms in total. The number of benzene rings is 1. The number of rotatable bonds is 2. The Morgan fingerprint density at radius 3 is 3.00 bits per heavy atom. The van der Waals surface area contributed by atoms with Crippen molar-refractivity contribution in [3.05, 3.63) is 22.2 Å². The van der Waals surface area contributed by atoms with Crippen LogP contribution in [-0.4, -0.2) is 22.8 Å². The summed E-state index contributed by atoms with van der Waals surface area (Å²) in [5.41, 5.74) is 0.835. The number of aliphatic carboxylic acids is 1. The Hall–Kier alpha value is -1.23. The maximum Gasteiger partial charge on any atom is 0.304 e. The zero-order valence-corrected chi connectivity index (χ0v) is 9.32. The highest BCUT2D eigenvalue weighted by molar-refractivity contribution is 9.10. The van der Waals surface area contributed by atoms with Crippen LogP contribution in [0.1, 0.15) is 17.9 Å². The quantitative estimate of drug-likeness (QED) is 0.866. The topological polar surface area (TPSA) is 66.8 Å². The zero-order chi connectivity index (χ0) is 11.0. The SMILES string of the molecule is O=C(O)C[C@@H]1COc2cc(O)c(Br)cc21. The molecule has 1 heterocycles. The van der Waals surface area contributed by atoms with Gasteiger partial charge in [0.05, 0.1) is 17.5 Å². The molecular weight excluding hydrogens is 264 g/mol. The number of fused-ring (bicyclic) bond motifs is 1. The summed E-state index contributed by atoms with van der Waals surface area (Å²) in [6.45, 7) is 0.359. The Morgan fingerprint density at radius 1 is 1.60 bits per heavy atom. The van der Waals surface area contributed by atoms with Gasteiger partial charge in [0.25, 0.3) is 0 Å². The van der Waals surface area contributed by atoms with Gasteiger partial charge in [-0.05, 0) is 22.0 Å². The largest absolute Gasteiger partial charge is 0.507 e. The molecule has 0 aromatic heterocycles. The zero-order valence-electron chi connectivity index (χ0n) is 7.74. The molecule has 2 N–H and O–H groups in total. The highest BCUT2D eigenvalue weighted by Gasteiger charge is 2.27. The molecule has 1 aliphatic heterocycles. The summed E-state index contributed by atoms with van der Waals surface area (Å²) in [4.78, 5) is 10.6. The second kappa shape index (κ2) is 3.73. The summed E-state index contributed by atoms with van der Waals surface area (Å²) < 4.78 is 5.86. The third-order valence-corrected chi connectivity index (χ3v) is 3.02. The van der Waals surface area contributed by atoms with E-state index in [2.05, 4.69) is 15.9 Å². The van der Waals surface area contributed by atoms with Crippen molar-refractivity contribution < 1.29 is 19.7 Å². The maximum atomic E-state index is 10.6. The molecule has 2 rings (SSSR count). The molecule has 1 aliphatic rings. The summed E-state index contributed by atoms with van der Waals surface area (Å²) in [6.07, 6.45) is 0.0458. The fraction of sp³-hybridized carbons (Fsp3) is 0.300. The standard InChI is InChI=1S/C10H9BrO4/c11-7-2-6-5(1-10(13)14)4-15-9(6)3-8(7)12/h2-3,5,12H,1,4H2,(H,13,14)/t5-/m1/s1. The van der Waals surface area contributed by atoms with Crippen LogP contribution in [0.4, 0.5) is 0 Å². The molecule has 0 saturated heterocycles. The van der Waals surface area contributed by atoms with E-state index in [4.69, 9.17) is 9.84 Å². The van der Waals surface area contributed by atoms with Gasteiger partial charge in [0.2, 0.25) is 0 Å². The van der Waals surface area contributed by atoms with Gasteiger partial charge in [-0.1, -0.05) is 0 Å². The van der Waals surface area contributed by atoms with Crippen molar-refractivity contribution in [2.75, 3.05) is 6.61 Å². The molecule has 1 atom stereocenters. The molecule has 0 fully saturated rings. The fourth-order valence-electron chi connectivity index (χ4n) is 1.66. The van der Waals surface area contributed by atoms with Crippen molar-refractivity contribution in [3.63, 3.8) is 0 Å². The van der Waals surface area contributed by atoms with Crippen LogP contribution in [0.2, 0.25) is 0 Å². The third kappa shape index (κ3) is 1.92. The van der Waals surface area contributed by atoms with E-state index >= 15 is 0 Å². The Bertz CT molecular complexity index is 416. The van der Waals surface area contributed by atoms with E-state index < -0.39 is 5.97 Å². The lowest BCUT2D eigenvalue weighted by molar-refractivity contribution is -0.137. The molecule has 1 aromatic carbocycles. The molecule has 1 aromatic rings. The predicted molar refractivity (Wildman–Crippen MR) is 56.3 cm³/mol. The lowest BCUT2D eigenvalue weighted by Crippen LogP contribution is -2.07. The summed E-state index contributed by atoms with van der Waals surface area (Å²) in [5.74, 6) is -0.304. The molecule has 0 spiro atoms. The van der Waals surface area contributed by atoms with Gasteiger partial charge < -0.3 is 14.9 Å². The summed E-state index contributed by atoms with van der Waals surface area (Å²) in [6, 6.07) is 3.21. The number of hydrogen-bond donors (Lipinski definition) is 2. The van der Waals surface area contributed by atoms with E-state index in [-0.39, 0.29) is 18.1 Å². The molecular formula is C10H9BrO4. The Morgan fingerprint density at radius 2 is 2.33 bits per heavy atom. The summed E-state index contributed by atoms with van der Waals surface area (Å²) >= 11 is 3.19. The van der Waals surface area contributed by atoms with Crippen LogP contribution in [0, 0.1) is 0 Å². The van der Waals surface area contributed by atoms with Crippen LogP contribution in [0.15, 0.2) is 16.6 Å². The van der Waals surface area contributed by atoms with Gasteiger partial charge in [-0.15, -0.1) is 0 Å². The molecule has 0 unspecified atom stereocenters. The molecule has 5 heteroatoms. The monoisotopic (exact) mass is 272 g/mol. The van der Waals surface area contributed by atoms with Crippen molar-refractivity contribution in [1.29, 1.82) is 0 Å². The van der Waals surface area contributed by atoms with Crippen LogP contribution in [0.3, 0.4) is 0 Å². The first kappa shape index (κ1) is 10.3. The van der Waals surface area contributed by atoms with Crippen LogP contribution >= 0.6 is 15.9 Å². The van der Waals surface area contributed by atoms with Gasteiger partial charge in [-0.2, -0.15) is 0 Å². The Balaban J connectivity index is 2.34. The lowest BCUT2D eigenvalue weighted by atomic mass is 9.98. The van der Waals surface area contributed by atoms with E-state index in [1.165, 1.54) is 6.07 Å². The number of carbonyl (C=O) groups is 1. The van der Waals surface area contributed by atoms with Crippen molar-refractivity contribution in [3.8, 4) is 11.5 Å². The number of carboxylic acid groups (broad SMARTS) is 1. The van der Waals surface area contributed by atoms with E-state index in [9.17, 15) is 9.90 Å². The smallest absolute Gasteiger partial charge is 0.304 e. The molecule has 80 valence electrons.